The third kappa shape index (κ3) is 2.72. The average Bonchev–Trinajstić information content (AvgIpc) is 2.54. The molecule has 1 aliphatic heterocycles. The van der Waals surface area contributed by atoms with E-state index < -0.39 is 10.0 Å². The summed E-state index contributed by atoms with van der Waals surface area (Å²) in [6.07, 6.45) is 0.625. The van der Waals surface area contributed by atoms with Gasteiger partial charge in [0.05, 0.1) is 17.5 Å². The molecule has 6 heteroatoms. The standard InChI is InChI=1S/C16H16ClNO3S/c1-18(22(19,20)13-8-6-12(17)7-9-13)15-10-11-21-16-5-3-2-4-14(15)16/h2-9,15H,10-11H2,1H3. The fraction of sp³-hybridized carbons (Fsp3) is 0.250. The predicted molar refractivity (Wildman–Crippen MR) is 85.7 cm³/mol. The van der Waals surface area contributed by atoms with E-state index in [2.05, 4.69) is 0 Å². The molecule has 1 heterocycles. The van der Waals surface area contributed by atoms with Gasteiger partial charge in [0.1, 0.15) is 5.75 Å². The van der Waals surface area contributed by atoms with Crippen molar-refractivity contribution in [2.75, 3.05) is 13.7 Å². The van der Waals surface area contributed by atoms with Crippen molar-refractivity contribution in [3.63, 3.8) is 0 Å². The lowest BCUT2D eigenvalue weighted by molar-refractivity contribution is 0.221. The normalized spacial score (nSPS) is 17.9. The SMILES string of the molecule is CN(C1CCOc2ccccc21)S(=O)(=O)c1ccc(Cl)cc1. The maximum Gasteiger partial charge on any atom is 0.243 e. The molecular formula is C16H16ClNO3S. The molecule has 0 spiro atoms. The minimum absolute atomic E-state index is 0.231. The quantitative estimate of drug-likeness (QED) is 0.861. The Labute approximate surface area is 135 Å². The number of hydrogen-bond acceptors (Lipinski definition) is 3. The maximum atomic E-state index is 12.8. The Bertz CT molecular complexity index is 774. The molecule has 0 amide bonds. The highest BCUT2D eigenvalue weighted by Crippen LogP contribution is 2.37. The molecule has 0 saturated heterocycles. The van der Waals surface area contributed by atoms with Crippen molar-refractivity contribution < 1.29 is 13.2 Å². The minimum atomic E-state index is -3.58. The Morgan fingerprint density at radius 3 is 2.55 bits per heavy atom. The van der Waals surface area contributed by atoms with Crippen molar-refractivity contribution >= 4 is 21.6 Å². The molecule has 0 aliphatic carbocycles. The second-order valence-electron chi connectivity index (χ2n) is 5.17. The number of nitrogens with zero attached hydrogens (tertiary/aromatic N) is 1. The van der Waals surface area contributed by atoms with Gasteiger partial charge in [0, 0.05) is 24.1 Å². The highest BCUT2D eigenvalue weighted by molar-refractivity contribution is 7.89. The first-order chi connectivity index (χ1) is 10.5. The Morgan fingerprint density at radius 2 is 1.82 bits per heavy atom. The minimum Gasteiger partial charge on any atom is -0.493 e. The molecule has 2 aromatic carbocycles. The third-order valence-electron chi connectivity index (χ3n) is 3.86. The van der Waals surface area contributed by atoms with Gasteiger partial charge in [0.15, 0.2) is 0 Å². The van der Waals surface area contributed by atoms with E-state index in [0.717, 1.165) is 11.3 Å². The van der Waals surface area contributed by atoms with Crippen molar-refractivity contribution in [3.05, 3.63) is 59.1 Å². The molecule has 3 rings (SSSR count). The highest BCUT2D eigenvalue weighted by atomic mass is 35.5. The summed E-state index contributed by atoms with van der Waals surface area (Å²) < 4.78 is 32.6. The summed E-state index contributed by atoms with van der Waals surface area (Å²) in [6, 6.07) is 13.5. The molecule has 22 heavy (non-hydrogen) atoms. The number of benzene rings is 2. The third-order valence-corrected chi connectivity index (χ3v) is 5.99. The molecule has 0 fully saturated rings. The molecule has 0 saturated carbocycles. The van der Waals surface area contributed by atoms with Gasteiger partial charge < -0.3 is 4.74 Å². The lowest BCUT2D eigenvalue weighted by Crippen LogP contribution is -2.34. The highest BCUT2D eigenvalue weighted by Gasteiger charge is 2.32. The molecule has 1 atom stereocenters. The Balaban J connectivity index is 1.97. The van der Waals surface area contributed by atoms with E-state index >= 15 is 0 Å². The van der Waals surface area contributed by atoms with Crippen LogP contribution < -0.4 is 4.74 Å². The molecule has 0 radical (unpaired) electrons. The summed E-state index contributed by atoms with van der Waals surface area (Å²) in [7, 11) is -1.97. The van der Waals surface area contributed by atoms with Gasteiger partial charge in [-0.3, -0.25) is 0 Å². The topological polar surface area (TPSA) is 46.6 Å². The van der Waals surface area contributed by atoms with Crippen LogP contribution in [0.5, 0.6) is 5.75 Å². The Kier molecular flexibility index (Phi) is 4.12. The molecule has 0 bridgehead atoms. The second kappa shape index (κ2) is 5.91. The summed E-state index contributed by atoms with van der Waals surface area (Å²) in [5, 5.41) is 0.512. The van der Waals surface area contributed by atoms with Crippen LogP contribution in [0.1, 0.15) is 18.0 Å². The molecule has 0 aromatic heterocycles. The number of ether oxygens (including phenoxy) is 1. The summed E-state index contributed by atoms with van der Waals surface area (Å²) in [4.78, 5) is 0.239. The Morgan fingerprint density at radius 1 is 1.14 bits per heavy atom. The van der Waals surface area contributed by atoms with Crippen LogP contribution in [0.3, 0.4) is 0 Å². The maximum absolute atomic E-state index is 12.8. The van der Waals surface area contributed by atoms with Gasteiger partial charge in [-0.1, -0.05) is 29.8 Å². The van der Waals surface area contributed by atoms with E-state index in [1.165, 1.54) is 16.4 Å². The fourth-order valence-corrected chi connectivity index (χ4v) is 4.13. The van der Waals surface area contributed by atoms with Gasteiger partial charge in [-0.2, -0.15) is 4.31 Å². The number of fused-ring (bicyclic) bond motifs is 1. The van der Waals surface area contributed by atoms with Gasteiger partial charge in [-0.05, 0) is 30.3 Å². The van der Waals surface area contributed by atoms with E-state index in [0.29, 0.717) is 18.1 Å². The molecule has 1 unspecified atom stereocenters. The van der Waals surface area contributed by atoms with E-state index in [-0.39, 0.29) is 10.9 Å². The van der Waals surface area contributed by atoms with Gasteiger partial charge in [0.25, 0.3) is 0 Å². The first-order valence-corrected chi connectivity index (χ1v) is 8.77. The van der Waals surface area contributed by atoms with E-state index in [4.69, 9.17) is 16.3 Å². The molecule has 2 aromatic rings. The smallest absolute Gasteiger partial charge is 0.243 e. The molecule has 4 nitrogen and oxygen atoms in total. The number of sulfonamides is 1. The van der Waals surface area contributed by atoms with Crippen LogP contribution in [-0.4, -0.2) is 26.4 Å². The van der Waals surface area contributed by atoms with E-state index in [1.807, 2.05) is 24.3 Å². The first kappa shape index (κ1) is 15.3. The first-order valence-electron chi connectivity index (χ1n) is 6.95. The van der Waals surface area contributed by atoms with Crippen LogP contribution in [0.25, 0.3) is 0 Å². The number of para-hydroxylation sites is 1. The van der Waals surface area contributed by atoms with Crippen LogP contribution in [0.2, 0.25) is 5.02 Å². The van der Waals surface area contributed by atoms with Gasteiger partial charge >= 0.3 is 0 Å². The van der Waals surface area contributed by atoms with Crippen molar-refractivity contribution in [3.8, 4) is 5.75 Å². The number of rotatable bonds is 3. The lowest BCUT2D eigenvalue weighted by atomic mass is 10.0. The monoisotopic (exact) mass is 337 g/mol. The van der Waals surface area contributed by atoms with Crippen LogP contribution in [-0.2, 0) is 10.0 Å². The number of hydrogen-bond donors (Lipinski definition) is 0. The zero-order chi connectivity index (χ0) is 15.7. The summed E-state index contributed by atoms with van der Waals surface area (Å²) in [6.45, 7) is 0.502. The summed E-state index contributed by atoms with van der Waals surface area (Å²) in [5.74, 6) is 0.747. The van der Waals surface area contributed by atoms with Crippen molar-refractivity contribution in [1.29, 1.82) is 0 Å². The molecule has 1 aliphatic rings. The summed E-state index contributed by atoms with van der Waals surface area (Å²) >= 11 is 5.83. The van der Waals surface area contributed by atoms with Crippen LogP contribution >= 0.6 is 11.6 Å². The van der Waals surface area contributed by atoms with Gasteiger partial charge in [-0.25, -0.2) is 8.42 Å². The largest absolute Gasteiger partial charge is 0.493 e. The van der Waals surface area contributed by atoms with Crippen LogP contribution in [0.15, 0.2) is 53.4 Å². The molecule has 0 N–H and O–H groups in total. The van der Waals surface area contributed by atoms with Crippen molar-refractivity contribution in [2.24, 2.45) is 0 Å². The van der Waals surface area contributed by atoms with Crippen LogP contribution in [0.4, 0.5) is 0 Å². The lowest BCUT2D eigenvalue weighted by Gasteiger charge is -2.32. The van der Waals surface area contributed by atoms with Gasteiger partial charge in [0.2, 0.25) is 10.0 Å². The predicted octanol–water partition coefficient (Wildman–Crippen LogP) is 3.48. The fourth-order valence-electron chi connectivity index (χ4n) is 2.64. The van der Waals surface area contributed by atoms with E-state index in [9.17, 15) is 8.42 Å². The van der Waals surface area contributed by atoms with Gasteiger partial charge in [-0.15, -0.1) is 0 Å². The zero-order valence-electron chi connectivity index (χ0n) is 12.1. The second-order valence-corrected chi connectivity index (χ2v) is 7.60. The van der Waals surface area contributed by atoms with Crippen molar-refractivity contribution in [2.45, 2.75) is 17.4 Å². The summed E-state index contributed by atoms with van der Waals surface area (Å²) in [5.41, 5.74) is 0.897. The average molecular weight is 338 g/mol. The van der Waals surface area contributed by atoms with E-state index in [1.54, 1.807) is 19.2 Å². The van der Waals surface area contributed by atoms with Crippen LogP contribution in [0, 0.1) is 0 Å². The zero-order valence-corrected chi connectivity index (χ0v) is 13.6. The number of halogens is 1. The Hall–Kier alpha value is -1.56. The molecule has 116 valence electrons. The van der Waals surface area contributed by atoms with Crippen molar-refractivity contribution in [1.82, 2.24) is 4.31 Å². The molecular weight excluding hydrogens is 322 g/mol.